The second kappa shape index (κ2) is 8.12. The van der Waals surface area contributed by atoms with Crippen molar-refractivity contribution in [2.45, 2.75) is 46.0 Å². The van der Waals surface area contributed by atoms with E-state index in [0.717, 1.165) is 0 Å². The third-order valence-electron chi connectivity index (χ3n) is 5.06. The van der Waals surface area contributed by atoms with Gasteiger partial charge in [-0.25, -0.2) is 0 Å². The number of piperazine rings is 1. The van der Waals surface area contributed by atoms with Gasteiger partial charge in [0.15, 0.2) is 5.78 Å². The number of anilines is 1. The van der Waals surface area contributed by atoms with Crippen LogP contribution in [0.25, 0.3) is 0 Å². The van der Waals surface area contributed by atoms with E-state index in [2.05, 4.69) is 31.0 Å². The Labute approximate surface area is 165 Å². The van der Waals surface area contributed by atoms with E-state index in [1.54, 1.807) is 11.8 Å². The summed E-state index contributed by atoms with van der Waals surface area (Å²) in [6.07, 6.45) is 0.469. The summed E-state index contributed by atoms with van der Waals surface area (Å²) in [4.78, 5) is 28.7. The van der Waals surface area contributed by atoms with Crippen LogP contribution in [0.15, 0.2) is 28.7 Å². The molecule has 2 aromatic rings. The van der Waals surface area contributed by atoms with Crippen molar-refractivity contribution >= 4 is 17.7 Å². The van der Waals surface area contributed by atoms with Crippen molar-refractivity contribution in [1.29, 1.82) is 0 Å². The van der Waals surface area contributed by atoms with Crippen LogP contribution in [0.1, 0.15) is 55.4 Å². The Morgan fingerprint density at radius 3 is 2.18 bits per heavy atom. The molecule has 1 fully saturated rings. The largest absolute Gasteiger partial charge is 0.408 e. The van der Waals surface area contributed by atoms with Gasteiger partial charge in [-0.3, -0.25) is 9.59 Å². The molecule has 1 aromatic heterocycles. The number of aromatic nitrogens is 2. The molecule has 0 spiro atoms. The van der Waals surface area contributed by atoms with Crippen LogP contribution in [0.2, 0.25) is 0 Å². The molecular formula is C21H28N4O3. The van der Waals surface area contributed by atoms with Crippen LogP contribution in [-0.2, 0) is 10.2 Å². The van der Waals surface area contributed by atoms with Crippen molar-refractivity contribution in [1.82, 2.24) is 15.1 Å². The second-order valence-electron chi connectivity index (χ2n) is 8.22. The number of aryl methyl sites for hydroxylation is 1. The number of benzene rings is 1. The summed E-state index contributed by atoms with van der Waals surface area (Å²) in [6.45, 7) is 10.7. The lowest BCUT2D eigenvalue weighted by Crippen LogP contribution is -2.49. The quantitative estimate of drug-likeness (QED) is 0.738. The fraction of sp³-hybridized carbons (Fsp3) is 0.524. The van der Waals surface area contributed by atoms with Gasteiger partial charge < -0.3 is 14.2 Å². The highest BCUT2D eigenvalue weighted by molar-refractivity contribution is 5.98. The standard InChI is InChI=1S/C21H28N4O3/c1-15-22-23-20(28-15)25-13-11-24(12-14-25)19(27)10-9-18(26)16-5-7-17(8-6-16)21(2,3)4/h5-8H,9-14H2,1-4H3. The number of hydrogen-bond donors (Lipinski definition) is 0. The number of carbonyl (C=O) groups is 2. The Morgan fingerprint density at radius 2 is 1.64 bits per heavy atom. The SMILES string of the molecule is Cc1nnc(N2CCN(C(=O)CCC(=O)c3ccc(C(C)(C)C)cc3)CC2)o1. The molecule has 3 rings (SSSR count). The number of rotatable bonds is 5. The van der Waals surface area contributed by atoms with E-state index >= 15 is 0 Å². The lowest BCUT2D eigenvalue weighted by atomic mass is 9.86. The molecule has 0 aliphatic carbocycles. The summed E-state index contributed by atoms with van der Waals surface area (Å²) in [7, 11) is 0. The molecule has 0 N–H and O–H groups in total. The summed E-state index contributed by atoms with van der Waals surface area (Å²) in [5.41, 5.74) is 1.91. The number of hydrogen-bond acceptors (Lipinski definition) is 6. The Balaban J connectivity index is 1.47. The van der Waals surface area contributed by atoms with Crippen LogP contribution in [0.5, 0.6) is 0 Å². The van der Waals surface area contributed by atoms with Crippen molar-refractivity contribution in [3.8, 4) is 0 Å². The maximum atomic E-state index is 12.5. The molecule has 7 heteroatoms. The molecule has 1 saturated heterocycles. The third-order valence-corrected chi connectivity index (χ3v) is 5.06. The molecule has 0 atom stereocenters. The van der Waals surface area contributed by atoms with Gasteiger partial charge in [-0.15, -0.1) is 5.10 Å². The summed E-state index contributed by atoms with van der Waals surface area (Å²) in [6, 6.07) is 8.21. The average molecular weight is 384 g/mol. The number of carbonyl (C=O) groups excluding carboxylic acids is 2. The third kappa shape index (κ3) is 4.77. The molecule has 150 valence electrons. The van der Waals surface area contributed by atoms with Crippen molar-refractivity contribution < 1.29 is 14.0 Å². The first kappa shape index (κ1) is 20.0. The molecule has 1 aromatic carbocycles. The van der Waals surface area contributed by atoms with E-state index in [1.807, 2.05) is 29.2 Å². The zero-order chi connectivity index (χ0) is 20.3. The molecule has 7 nitrogen and oxygen atoms in total. The molecule has 2 heterocycles. The first-order chi connectivity index (χ1) is 13.2. The van der Waals surface area contributed by atoms with Gasteiger partial charge in [0.2, 0.25) is 11.8 Å². The van der Waals surface area contributed by atoms with E-state index in [9.17, 15) is 9.59 Å². The average Bonchev–Trinajstić information content (AvgIpc) is 3.11. The van der Waals surface area contributed by atoms with Crippen LogP contribution >= 0.6 is 0 Å². The highest BCUT2D eigenvalue weighted by Crippen LogP contribution is 2.22. The van der Waals surface area contributed by atoms with E-state index < -0.39 is 0 Å². The molecule has 1 amide bonds. The fourth-order valence-electron chi connectivity index (χ4n) is 3.24. The monoisotopic (exact) mass is 384 g/mol. The first-order valence-corrected chi connectivity index (χ1v) is 9.70. The number of amides is 1. The normalized spacial score (nSPS) is 15.0. The lowest BCUT2D eigenvalue weighted by Gasteiger charge is -2.33. The summed E-state index contributed by atoms with van der Waals surface area (Å²) in [5.74, 6) is 0.553. The van der Waals surface area contributed by atoms with Crippen molar-refractivity contribution in [3.05, 3.63) is 41.3 Å². The van der Waals surface area contributed by atoms with Crippen LogP contribution in [0.4, 0.5) is 6.01 Å². The minimum absolute atomic E-state index is 0.00813. The van der Waals surface area contributed by atoms with Gasteiger partial charge >= 0.3 is 6.01 Å². The van der Waals surface area contributed by atoms with E-state index in [4.69, 9.17) is 4.42 Å². The maximum Gasteiger partial charge on any atom is 0.318 e. The highest BCUT2D eigenvalue weighted by atomic mass is 16.4. The molecule has 0 bridgehead atoms. The van der Waals surface area contributed by atoms with Gasteiger partial charge in [0.05, 0.1) is 0 Å². The molecular weight excluding hydrogens is 356 g/mol. The Morgan fingerprint density at radius 1 is 1.00 bits per heavy atom. The van der Waals surface area contributed by atoms with E-state index in [1.165, 1.54) is 5.56 Å². The summed E-state index contributed by atoms with van der Waals surface area (Å²) < 4.78 is 5.43. The predicted molar refractivity (Wildman–Crippen MR) is 107 cm³/mol. The van der Waals surface area contributed by atoms with E-state index in [-0.39, 0.29) is 29.9 Å². The summed E-state index contributed by atoms with van der Waals surface area (Å²) >= 11 is 0. The molecule has 0 unspecified atom stereocenters. The first-order valence-electron chi connectivity index (χ1n) is 9.70. The second-order valence-corrected chi connectivity index (χ2v) is 8.22. The minimum Gasteiger partial charge on any atom is -0.408 e. The highest BCUT2D eigenvalue weighted by Gasteiger charge is 2.24. The fourth-order valence-corrected chi connectivity index (χ4v) is 3.24. The molecule has 1 aliphatic heterocycles. The maximum absolute atomic E-state index is 12.5. The van der Waals surface area contributed by atoms with Crippen LogP contribution in [-0.4, -0.2) is 53.0 Å². The van der Waals surface area contributed by atoms with Crippen LogP contribution < -0.4 is 4.90 Å². The molecule has 1 aliphatic rings. The van der Waals surface area contributed by atoms with Gasteiger partial charge in [-0.2, -0.15) is 0 Å². The topological polar surface area (TPSA) is 79.5 Å². The zero-order valence-electron chi connectivity index (χ0n) is 17.1. The minimum atomic E-state index is 0.00813. The van der Waals surface area contributed by atoms with Gasteiger partial charge in [-0.05, 0) is 11.0 Å². The lowest BCUT2D eigenvalue weighted by molar-refractivity contribution is -0.131. The van der Waals surface area contributed by atoms with Crippen molar-refractivity contribution in [2.75, 3.05) is 31.1 Å². The Kier molecular flexibility index (Phi) is 5.82. The van der Waals surface area contributed by atoms with E-state index in [0.29, 0.717) is 43.6 Å². The molecule has 28 heavy (non-hydrogen) atoms. The zero-order valence-corrected chi connectivity index (χ0v) is 17.1. The van der Waals surface area contributed by atoms with Crippen LogP contribution in [0, 0.1) is 6.92 Å². The van der Waals surface area contributed by atoms with Crippen molar-refractivity contribution in [2.24, 2.45) is 0 Å². The van der Waals surface area contributed by atoms with Gasteiger partial charge in [-0.1, -0.05) is 50.1 Å². The van der Waals surface area contributed by atoms with Crippen LogP contribution in [0.3, 0.4) is 0 Å². The van der Waals surface area contributed by atoms with Crippen molar-refractivity contribution in [3.63, 3.8) is 0 Å². The smallest absolute Gasteiger partial charge is 0.318 e. The number of nitrogens with zero attached hydrogens (tertiary/aromatic N) is 4. The van der Waals surface area contributed by atoms with Gasteiger partial charge in [0.1, 0.15) is 0 Å². The van der Waals surface area contributed by atoms with Gasteiger partial charge in [0.25, 0.3) is 0 Å². The summed E-state index contributed by atoms with van der Waals surface area (Å²) in [5, 5.41) is 7.85. The number of ketones is 1. The van der Waals surface area contributed by atoms with Gasteiger partial charge in [0, 0.05) is 51.5 Å². The predicted octanol–water partition coefficient (Wildman–Crippen LogP) is 2.99. The Bertz CT molecular complexity index is 828. The Hall–Kier alpha value is -2.70. The molecule has 0 radical (unpaired) electrons. The molecule has 0 saturated carbocycles. The number of Topliss-reactive ketones (excluding diaryl/α,β-unsaturated/α-hetero) is 1.